The zero-order chi connectivity index (χ0) is 20.7. The van der Waals surface area contributed by atoms with Gasteiger partial charge in [0.25, 0.3) is 0 Å². The van der Waals surface area contributed by atoms with Gasteiger partial charge in [0.05, 0.1) is 12.6 Å². The van der Waals surface area contributed by atoms with Crippen LogP contribution >= 0.6 is 0 Å². The molecule has 1 atom stereocenters. The SMILES string of the molecule is CN=C(NCc1nnc2ccccn12)NCC(NC(=O)OC(C)(C)C)C(C)C. The van der Waals surface area contributed by atoms with Gasteiger partial charge in [-0.25, -0.2) is 4.79 Å². The van der Waals surface area contributed by atoms with Crippen molar-refractivity contribution in [2.24, 2.45) is 10.9 Å². The Kier molecular flexibility index (Phi) is 7.19. The molecule has 0 aliphatic rings. The predicted molar refractivity (Wildman–Crippen MR) is 109 cm³/mol. The van der Waals surface area contributed by atoms with Crippen LogP contribution in [0, 0.1) is 5.92 Å². The number of guanidine groups is 1. The fourth-order valence-corrected chi connectivity index (χ4v) is 2.51. The maximum atomic E-state index is 12.1. The van der Waals surface area contributed by atoms with Crippen LogP contribution in [-0.4, -0.2) is 51.9 Å². The van der Waals surface area contributed by atoms with E-state index in [1.165, 1.54) is 0 Å². The van der Waals surface area contributed by atoms with Gasteiger partial charge in [0.2, 0.25) is 0 Å². The van der Waals surface area contributed by atoms with Crippen molar-refractivity contribution in [1.29, 1.82) is 0 Å². The third-order valence-electron chi connectivity index (χ3n) is 4.02. The Bertz CT molecular complexity index is 808. The van der Waals surface area contributed by atoms with Gasteiger partial charge in [-0.05, 0) is 38.8 Å². The lowest BCUT2D eigenvalue weighted by Crippen LogP contribution is -2.50. The van der Waals surface area contributed by atoms with Crippen molar-refractivity contribution >= 4 is 17.7 Å². The predicted octanol–water partition coefficient (Wildman–Crippen LogP) is 1.94. The zero-order valence-electron chi connectivity index (χ0n) is 17.5. The van der Waals surface area contributed by atoms with Crippen LogP contribution in [0.3, 0.4) is 0 Å². The molecule has 0 fully saturated rings. The lowest BCUT2D eigenvalue weighted by molar-refractivity contribution is 0.0491. The number of hydrogen-bond donors (Lipinski definition) is 3. The van der Waals surface area contributed by atoms with E-state index in [9.17, 15) is 4.79 Å². The second-order valence-electron chi connectivity index (χ2n) is 7.85. The Labute approximate surface area is 166 Å². The van der Waals surface area contributed by atoms with Crippen molar-refractivity contribution in [2.45, 2.75) is 52.8 Å². The highest BCUT2D eigenvalue weighted by Gasteiger charge is 2.21. The van der Waals surface area contributed by atoms with Crippen LogP contribution in [0.4, 0.5) is 4.79 Å². The van der Waals surface area contributed by atoms with Crippen molar-refractivity contribution in [2.75, 3.05) is 13.6 Å². The van der Waals surface area contributed by atoms with Gasteiger partial charge in [-0.15, -0.1) is 10.2 Å². The summed E-state index contributed by atoms with van der Waals surface area (Å²) in [6.45, 7) is 10.6. The number of carbonyl (C=O) groups is 1. The summed E-state index contributed by atoms with van der Waals surface area (Å²) in [6, 6.07) is 5.65. The molecule has 1 unspecified atom stereocenters. The lowest BCUT2D eigenvalue weighted by Gasteiger charge is -2.26. The molecule has 0 bridgehead atoms. The number of amides is 1. The highest BCUT2D eigenvalue weighted by molar-refractivity contribution is 5.79. The van der Waals surface area contributed by atoms with Gasteiger partial charge in [0.1, 0.15) is 5.60 Å². The molecule has 1 amide bonds. The molecule has 0 radical (unpaired) electrons. The fraction of sp³-hybridized carbons (Fsp3) is 0.579. The third-order valence-corrected chi connectivity index (χ3v) is 4.02. The number of rotatable bonds is 6. The average molecular weight is 390 g/mol. The number of hydrogen-bond acceptors (Lipinski definition) is 5. The minimum absolute atomic E-state index is 0.109. The molecule has 0 saturated heterocycles. The fourth-order valence-electron chi connectivity index (χ4n) is 2.51. The van der Waals surface area contributed by atoms with E-state index in [2.05, 4.69) is 31.1 Å². The van der Waals surface area contributed by atoms with Crippen LogP contribution in [0.25, 0.3) is 5.65 Å². The average Bonchev–Trinajstić information content (AvgIpc) is 3.02. The maximum Gasteiger partial charge on any atom is 0.407 e. The Morgan fingerprint density at radius 2 is 2.00 bits per heavy atom. The summed E-state index contributed by atoms with van der Waals surface area (Å²) < 4.78 is 7.27. The van der Waals surface area contributed by atoms with Crippen molar-refractivity contribution in [3.8, 4) is 0 Å². The van der Waals surface area contributed by atoms with Gasteiger partial charge in [-0.2, -0.15) is 0 Å². The van der Waals surface area contributed by atoms with Crippen LogP contribution in [0.1, 0.15) is 40.4 Å². The van der Waals surface area contributed by atoms with Gasteiger partial charge < -0.3 is 20.7 Å². The number of carbonyl (C=O) groups excluding carboxylic acids is 1. The molecule has 9 heteroatoms. The largest absolute Gasteiger partial charge is 0.444 e. The summed E-state index contributed by atoms with van der Waals surface area (Å²) in [5, 5.41) is 17.7. The highest BCUT2D eigenvalue weighted by Crippen LogP contribution is 2.08. The number of fused-ring (bicyclic) bond motifs is 1. The normalized spacial score (nSPS) is 13.5. The summed E-state index contributed by atoms with van der Waals surface area (Å²) >= 11 is 0. The number of aromatic nitrogens is 3. The third kappa shape index (κ3) is 6.40. The number of nitrogens with one attached hydrogen (secondary N) is 3. The molecule has 154 valence electrons. The number of aliphatic imine (C=N–C) groups is 1. The molecule has 2 rings (SSSR count). The van der Waals surface area contributed by atoms with E-state index in [0.29, 0.717) is 19.0 Å². The Hall–Kier alpha value is -2.84. The summed E-state index contributed by atoms with van der Waals surface area (Å²) in [4.78, 5) is 16.3. The Balaban J connectivity index is 1.89. The number of alkyl carbamates (subject to hydrolysis) is 1. The van der Waals surface area contributed by atoms with E-state index < -0.39 is 11.7 Å². The van der Waals surface area contributed by atoms with Crippen molar-refractivity contribution < 1.29 is 9.53 Å². The van der Waals surface area contributed by atoms with E-state index in [1.54, 1.807) is 7.05 Å². The zero-order valence-corrected chi connectivity index (χ0v) is 17.5. The smallest absolute Gasteiger partial charge is 0.407 e. The molecule has 9 nitrogen and oxygen atoms in total. The quantitative estimate of drug-likeness (QED) is 0.515. The van der Waals surface area contributed by atoms with Crippen molar-refractivity contribution in [3.05, 3.63) is 30.2 Å². The van der Waals surface area contributed by atoms with Crippen LogP contribution in [0.15, 0.2) is 29.4 Å². The first-order valence-electron chi connectivity index (χ1n) is 9.42. The molecule has 28 heavy (non-hydrogen) atoms. The summed E-state index contributed by atoms with van der Waals surface area (Å²) in [5.74, 6) is 1.62. The van der Waals surface area contributed by atoms with Crippen LogP contribution in [-0.2, 0) is 11.3 Å². The van der Waals surface area contributed by atoms with Crippen LogP contribution in [0.2, 0.25) is 0 Å². The van der Waals surface area contributed by atoms with Gasteiger partial charge in [-0.3, -0.25) is 9.39 Å². The number of nitrogens with zero attached hydrogens (tertiary/aromatic N) is 4. The van der Waals surface area contributed by atoms with Gasteiger partial charge in [0.15, 0.2) is 17.4 Å². The maximum absolute atomic E-state index is 12.1. The topological polar surface area (TPSA) is 105 Å². The molecule has 0 saturated carbocycles. The first kappa shape index (κ1) is 21.5. The molecule has 0 spiro atoms. The standard InChI is InChI=1S/C19H31N7O2/c1-13(2)14(23-18(27)28-19(3,4)5)11-21-17(20-6)22-12-16-25-24-15-9-7-8-10-26(15)16/h7-10,13-14H,11-12H2,1-6H3,(H,23,27)(H2,20,21,22). The molecular weight excluding hydrogens is 358 g/mol. The molecule has 0 aliphatic heterocycles. The number of pyridine rings is 1. The lowest BCUT2D eigenvalue weighted by atomic mass is 10.0. The molecule has 2 aromatic heterocycles. The minimum Gasteiger partial charge on any atom is -0.444 e. The van der Waals surface area contributed by atoms with Crippen molar-refractivity contribution in [3.63, 3.8) is 0 Å². The second-order valence-corrected chi connectivity index (χ2v) is 7.85. The van der Waals surface area contributed by atoms with E-state index in [0.717, 1.165) is 11.5 Å². The van der Waals surface area contributed by atoms with E-state index in [1.807, 2.05) is 63.4 Å². The molecular formula is C19H31N7O2. The minimum atomic E-state index is -0.530. The highest BCUT2D eigenvalue weighted by atomic mass is 16.6. The second kappa shape index (κ2) is 9.38. The molecule has 0 aliphatic carbocycles. The Morgan fingerprint density at radius 1 is 1.25 bits per heavy atom. The van der Waals surface area contributed by atoms with Gasteiger partial charge in [-0.1, -0.05) is 19.9 Å². The molecule has 2 heterocycles. The Morgan fingerprint density at radius 3 is 2.64 bits per heavy atom. The molecule has 0 aromatic carbocycles. The van der Waals surface area contributed by atoms with Gasteiger partial charge >= 0.3 is 6.09 Å². The first-order chi connectivity index (χ1) is 13.2. The molecule has 2 aromatic rings. The van der Waals surface area contributed by atoms with Crippen LogP contribution < -0.4 is 16.0 Å². The molecule has 3 N–H and O–H groups in total. The monoisotopic (exact) mass is 389 g/mol. The summed E-state index contributed by atoms with van der Waals surface area (Å²) in [6.07, 6.45) is 1.49. The van der Waals surface area contributed by atoms with E-state index >= 15 is 0 Å². The van der Waals surface area contributed by atoms with Crippen LogP contribution in [0.5, 0.6) is 0 Å². The van der Waals surface area contributed by atoms with E-state index in [-0.39, 0.29) is 12.0 Å². The summed E-state index contributed by atoms with van der Waals surface area (Å²) in [5.41, 5.74) is 0.265. The van der Waals surface area contributed by atoms with Gasteiger partial charge in [0, 0.05) is 19.8 Å². The van der Waals surface area contributed by atoms with Crippen molar-refractivity contribution in [1.82, 2.24) is 30.5 Å². The van der Waals surface area contributed by atoms with E-state index in [4.69, 9.17) is 4.74 Å². The first-order valence-corrected chi connectivity index (χ1v) is 9.42. The number of ether oxygens (including phenoxy) is 1. The summed E-state index contributed by atoms with van der Waals surface area (Å²) in [7, 11) is 1.70.